The van der Waals surface area contributed by atoms with Crippen LogP contribution in [0.25, 0.3) is 0 Å². The maximum Gasteiger partial charge on any atom is 0.341 e. The minimum Gasteiger partial charge on any atom is -0.462 e. The van der Waals surface area contributed by atoms with Gasteiger partial charge in [0.05, 0.1) is 12.2 Å². The Labute approximate surface area is 191 Å². The van der Waals surface area contributed by atoms with E-state index in [9.17, 15) is 9.59 Å². The number of thiophene rings is 1. The van der Waals surface area contributed by atoms with E-state index in [-0.39, 0.29) is 11.9 Å². The number of carbonyl (C=O) groups excluding carboxylic acids is 2. The summed E-state index contributed by atoms with van der Waals surface area (Å²) in [6, 6.07) is 7.69. The van der Waals surface area contributed by atoms with Gasteiger partial charge in [0, 0.05) is 34.3 Å². The predicted octanol–water partition coefficient (Wildman–Crippen LogP) is 5.47. The first-order chi connectivity index (χ1) is 14.5. The maximum atomic E-state index is 12.6. The first-order valence-electron chi connectivity index (χ1n) is 10.2. The lowest BCUT2D eigenvalue weighted by Crippen LogP contribution is -2.30. The Morgan fingerprint density at radius 3 is 2.73 bits per heavy atom. The summed E-state index contributed by atoms with van der Waals surface area (Å²) in [6.07, 6.45) is 1.97. The Kier molecular flexibility index (Phi) is 8.62. The van der Waals surface area contributed by atoms with Crippen LogP contribution in [-0.2, 0) is 22.5 Å². The van der Waals surface area contributed by atoms with E-state index in [1.165, 1.54) is 11.3 Å². The van der Waals surface area contributed by atoms with E-state index in [4.69, 9.17) is 16.3 Å². The van der Waals surface area contributed by atoms with Crippen molar-refractivity contribution in [2.24, 2.45) is 0 Å². The third kappa shape index (κ3) is 6.00. The zero-order valence-corrected chi connectivity index (χ0v) is 19.7. The van der Waals surface area contributed by atoms with E-state index < -0.39 is 0 Å². The number of esters is 1. The van der Waals surface area contributed by atoms with Crippen LogP contribution in [0.1, 0.15) is 47.5 Å². The zero-order chi connectivity index (χ0) is 21.5. The molecule has 0 aliphatic carbocycles. The Balaban J connectivity index is 1.60. The molecule has 0 radical (unpaired) electrons. The molecule has 0 atom stereocenters. The number of hydrogen-bond donors (Lipinski definition) is 1. The summed E-state index contributed by atoms with van der Waals surface area (Å²) in [5, 5.41) is 4.33. The number of thioether (sulfide) groups is 1. The van der Waals surface area contributed by atoms with Gasteiger partial charge < -0.3 is 10.1 Å². The molecule has 0 saturated carbocycles. The van der Waals surface area contributed by atoms with Crippen molar-refractivity contribution in [1.82, 2.24) is 4.90 Å². The SMILES string of the molecule is CCOC(=O)c1c(NC(=O)CCCSc2ccc(Cl)cc2)sc2c1CCN(CC)C2. The van der Waals surface area contributed by atoms with Gasteiger partial charge in [0.2, 0.25) is 5.91 Å². The molecular formula is C22H27ClN2O3S2. The second kappa shape index (κ2) is 11.2. The molecule has 1 amide bonds. The summed E-state index contributed by atoms with van der Waals surface area (Å²) < 4.78 is 5.27. The van der Waals surface area contributed by atoms with Crippen LogP contribution >= 0.6 is 34.7 Å². The van der Waals surface area contributed by atoms with Gasteiger partial charge in [-0.2, -0.15) is 0 Å². The highest BCUT2D eigenvalue weighted by molar-refractivity contribution is 7.99. The van der Waals surface area contributed by atoms with E-state index in [1.54, 1.807) is 18.7 Å². The summed E-state index contributed by atoms with van der Waals surface area (Å²) in [7, 11) is 0. The molecule has 0 unspecified atom stereocenters. The van der Waals surface area contributed by atoms with Crippen molar-refractivity contribution in [2.45, 2.75) is 44.6 Å². The lowest BCUT2D eigenvalue weighted by Gasteiger charge is -2.25. The van der Waals surface area contributed by atoms with Gasteiger partial charge in [0.25, 0.3) is 0 Å². The normalized spacial score (nSPS) is 13.7. The molecule has 0 fully saturated rings. The molecule has 3 rings (SSSR count). The molecule has 1 aromatic heterocycles. The Morgan fingerprint density at radius 1 is 1.27 bits per heavy atom. The Hall–Kier alpha value is -1.54. The average Bonchev–Trinajstić information content (AvgIpc) is 3.09. The lowest BCUT2D eigenvalue weighted by molar-refractivity contribution is -0.116. The van der Waals surface area contributed by atoms with Gasteiger partial charge in [-0.3, -0.25) is 9.69 Å². The molecule has 2 aromatic rings. The van der Waals surface area contributed by atoms with E-state index in [1.807, 2.05) is 24.3 Å². The van der Waals surface area contributed by atoms with E-state index in [2.05, 4.69) is 17.1 Å². The average molecular weight is 467 g/mol. The molecule has 1 N–H and O–H groups in total. The van der Waals surface area contributed by atoms with Crippen molar-refractivity contribution in [3.05, 3.63) is 45.3 Å². The van der Waals surface area contributed by atoms with Crippen LogP contribution in [0.4, 0.5) is 5.00 Å². The number of ether oxygens (including phenoxy) is 1. The lowest BCUT2D eigenvalue weighted by atomic mass is 10.0. The van der Waals surface area contributed by atoms with Crippen LogP contribution in [0.2, 0.25) is 5.02 Å². The highest BCUT2D eigenvalue weighted by Gasteiger charge is 2.29. The number of rotatable bonds is 9. The summed E-state index contributed by atoms with van der Waals surface area (Å²) in [5.41, 5.74) is 1.59. The van der Waals surface area contributed by atoms with Crippen LogP contribution in [0.3, 0.4) is 0 Å². The Bertz CT molecular complexity index is 883. The number of nitrogens with zero attached hydrogens (tertiary/aromatic N) is 1. The van der Waals surface area contributed by atoms with Crippen molar-refractivity contribution >= 4 is 51.6 Å². The van der Waals surface area contributed by atoms with Crippen LogP contribution < -0.4 is 5.32 Å². The van der Waals surface area contributed by atoms with Crippen LogP contribution in [-0.4, -0.2) is 42.2 Å². The van der Waals surface area contributed by atoms with E-state index in [0.29, 0.717) is 23.6 Å². The fourth-order valence-corrected chi connectivity index (χ4v) is 5.65. The van der Waals surface area contributed by atoms with Gasteiger partial charge in [-0.1, -0.05) is 18.5 Å². The van der Waals surface area contributed by atoms with Gasteiger partial charge in [-0.05, 0) is 61.9 Å². The third-order valence-electron chi connectivity index (χ3n) is 4.95. The second-order valence-electron chi connectivity index (χ2n) is 7.00. The monoisotopic (exact) mass is 466 g/mol. The molecule has 1 aliphatic heterocycles. The molecule has 0 saturated heterocycles. The van der Waals surface area contributed by atoms with Crippen LogP contribution in [0, 0.1) is 0 Å². The molecule has 2 heterocycles. The number of benzene rings is 1. The van der Waals surface area contributed by atoms with Gasteiger partial charge in [-0.15, -0.1) is 23.1 Å². The standard InChI is InChI=1S/C22H27ClN2O3S2/c1-3-25-12-11-17-18(14-25)30-21(20(17)22(27)28-4-2)24-19(26)6-5-13-29-16-9-7-15(23)8-10-16/h7-10H,3-6,11-14H2,1-2H3,(H,24,26). The largest absolute Gasteiger partial charge is 0.462 e. The van der Waals surface area contributed by atoms with Crippen LogP contribution in [0.15, 0.2) is 29.2 Å². The smallest absolute Gasteiger partial charge is 0.341 e. The summed E-state index contributed by atoms with van der Waals surface area (Å²) in [6.45, 7) is 6.96. The quantitative estimate of drug-likeness (QED) is 0.302. The number of amides is 1. The van der Waals surface area contributed by atoms with Gasteiger partial charge >= 0.3 is 5.97 Å². The van der Waals surface area contributed by atoms with Crippen LogP contribution in [0.5, 0.6) is 0 Å². The second-order valence-corrected chi connectivity index (χ2v) is 9.71. The van der Waals surface area contributed by atoms with Crippen molar-refractivity contribution in [3.8, 4) is 0 Å². The summed E-state index contributed by atoms with van der Waals surface area (Å²) in [5.74, 6) is 0.434. The number of hydrogen-bond acceptors (Lipinski definition) is 6. The van der Waals surface area contributed by atoms with E-state index in [0.717, 1.165) is 58.6 Å². The highest BCUT2D eigenvalue weighted by Crippen LogP contribution is 2.37. The minimum atomic E-state index is -0.339. The van der Waals surface area contributed by atoms with Crippen molar-refractivity contribution in [1.29, 1.82) is 0 Å². The molecule has 5 nitrogen and oxygen atoms in total. The molecule has 0 bridgehead atoms. The van der Waals surface area contributed by atoms with Crippen molar-refractivity contribution in [3.63, 3.8) is 0 Å². The predicted molar refractivity (Wildman–Crippen MR) is 125 cm³/mol. The summed E-state index contributed by atoms with van der Waals surface area (Å²) >= 11 is 9.11. The third-order valence-corrected chi connectivity index (χ3v) is 7.43. The molecule has 1 aliphatic rings. The molecule has 8 heteroatoms. The van der Waals surface area contributed by atoms with Gasteiger partial charge in [0.1, 0.15) is 5.00 Å². The molecule has 0 spiro atoms. The number of carbonyl (C=O) groups is 2. The van der Waals surface area contributed by atoms with Gasteiger partial charge in [-0.25, -0.2) is 4.79 Å². The maximum absolute atomic E-state index is 12.6. The number of fused-ring (bicyclic) bond motifs is 1. The fourth-order valence-electron chi connectivity index (χ4n) is 3.38. The molecule has 1 aromatic carbocycles. The minimum absolute atomic E-state index is 0.0665. The molecule has 162 valence electrons. The first kappa shape index (κ1) is 23.1. The van der Waals surface area contributed by atoms with Crippen molar-refractivity contribution < 1.29 is 14.3 Å². The number of nitrogens with one attached hydrogen (secondary N) is 1. The van der Waals surface area contributed by atoms with E-state index >= 15 is 0 Å². The number of likely N-dealkylation sites (N-methyl/N-ethyl adjacent to an activating group) is 1. The Morgan fingerprint density at radius 2 is 2.03 bits per heavy atom. The van der Waals surface area contributed by atoms with Gasteiger partial charge in [0.15, 0.2) is 0 Å². The van der Waals surface area contributed by atoms with Crippen molar-refractivity contribution in [2.75, 3.05) is 30.8 Å². The number of anilines is 1. The first-order valence-corrected chi connectivity index (χ1v) is 12.4. The topological polar surface area (TPSA) is 58.6 Å². The highest BCUT2D eigenvalue weighted by atomic mass is 35.5. The molecule has 30 heavy (non-hydrogen) atoms. The summed E-state index contributed by atoms with van der Waals surface area (Å²) in [4.78, 5) is 29.7. The zero-order valence-electron chi connectivity index (χ0n) is 17.3. The fraction of sp³-hybridized carbons (Fsp3) is 0.455. The molecular weight excluding hydrogens is 440 g/mol. The number of halogens is 1.